The van der Waals surface area contributed by atoms with Gasteiger partial charge in [-0.2, -0.15) is 0 Å². The highest BCUT2D eigenvalue weighted by Crippen LogP contribution is 2.20. The number of ether oxygens (including phenoxy) is 2. The number of amides is 1. The maximum atomic E-state index is 12.0. The first kappa shape index (κ1) is 17.3. The Labute approximate surface area is 126 Å². The summed E-state index contributed by atoms with van der Waals surface area (Å²) in [6.07, 6.45) is 0.333. The van der Waals surface area contributed by atoms with E-state index in [-0.39, 0.29) is 17.3 Å². The molecule has 1 N–H and O–H groups in total. The number of rotatable bonds is 8. The molecule has 0 saturated heterocycles. The van der Waals surface area contributed by atoms with Gasteiger partial charge >= 0.3 is 0 Å². The van der Waals surface area contributed by atoms with Gasteiger partial charge in [0.15, 0.2) is 6.29 Å². The van der Waals surface area contributed by atoms with E-state index in [0.717, 1.165) is 12.3 Å². The zero-order valence-corrected chi connectivity index (χ0v) is 12.4. The normalized spacial score (nSPS) is 10.7. The van der Waals surface area contributed by atoms with Gasteiger partial charge in [0.1, 0.15) is 16.9 Å². The third-order valence-electron chi connectivity index (χ3n) is 2.43. The van der Waals surface area contributed by atoms with Gasteiger partial charge < -0.3 is 14.8 Å². The third kappa shape index (κ3) is 5.25. The average molecular weight is 318 g/mol. The molecule has 0 radical (unpaired) electrons. The molecule has 8 nitrogen and oxygen atoms in total. The number of nitrogens with zero attached hydrogens (tertiary/aromatic N) is 2. The molecule has 0 bridgehead atoms. The van der Waals surface area contributed by atoms with Gasteiger partial charge in [-0.25, -0.2) is 4.98 Å². The second kappa shape index (κ2) is 8.50. The van der Waals surface area contributed by atoms with Crippen molar-refractivity contribution in [1.82, 2.24) is 10.3 Å². The Morgan fingerprint density at radius 1 is 1.48 bits per heavy atom. The molecule has 0 aliphatic heterocycles. The van der Waals surface area contributed by atoms with Crippen LogP contribution >= 0.6 is 11.6 Å². The van der Waals surface area contributed by atoms with Crippen molar-refractivity contribution in [1.29, 1.82) is 0 Å². The fourth-order valence-corrected chi connectivity index (χ4v) is 1.72. The molecule has 0 unspecified atom stereocenters. The van der Waals surface area contributed by atoms with Crippen LogP contribution in [0.2, 0.25) is 5.15 Å². The van der Waals surface area contributed by atoms with Crippen LogP contribution in [0.1, 0.15) is 24.2 Å². The summed E-state index contributed by atoms with van der Waals surface area (Å²) in [6, 6.07) is 1.14. The van der Waals surface area contributed by atoms with Crippen LogP contribution in [0.25, 0.3) is 0 Å². The van der Waals surface area contributed by atoms with Gasteiger partial charge in [-0.1, -0.05) is 11.6 Å². The van der Waals surface area contributed by atoms with Gasteiger partial charge in [0.2, 0.25) is 0 Å². The molecule has 0 fully saturated rings. The molecular formula is C12H16ClN3O5. The lowest BCUT2D eigenvalue weighted by Crippen LogP contribution is -2.35. The zero-order chi connectivity index (χ0) is 15.8. The molecule has 1 aromatic rings. The van der Waals surface area contributed by atoms with Crippen LogP contribution in [-0.2, 0) is 9.47 Å². The molecule has 0 spiro atoms. The van der Waals surface area contributed by atoms with Crippen molar-refractivity contribution < 1.29 is 19.2 Å². The summed E-state index contributed by atoms with van der Waals surface area (Å²) in [4.78, 5) is 25.8. The highest BCUT2D eigenvalue weighted by Gasteiger charge is 2.22. The quantitative estimate of drug-likeness (QED) is 0.339. The molecule has 0 aliphatic carbocycles. The van der Waals surface area contributed by atoms with Gasteiger partial charge in [-0.3, -0.25) is 14.9 Å². The van der Waals surface area contributed by atoms with E-state index in [1.807, 2.05) is 0 Å². The maximum Gasteiger partial charge on any atom is 0.300 e. The lowest BCUT2D eigenvalue weighted by Gasteiger charge is -2.17. The topological polar surface area (TPSA) is 104 Å². The number of carbonyl (C=O) groups excluding carboxylic acids is 1. The number of carbonyl (C=O) groups is 1. The Kier molecular flexibility index (Phi) is 7.00. The van der Waals surface area contributed by atoms with Crippen LogP contribution in [0.15, 0.2) is 12.3 Å². The van der Waals surface area contributed by atoms with Crippen molar-refractivity contribution in [2.45, 2.75) is 20.1 Å². The van der Waals surface area contributed by atoms with Crippen molar-refractivity contribution in [2.75, 3.05) is 19.8 Å². The van der Waals surface area contributed by atoms with Gasteiger partial charge in [0.05, 0.1) is 11.5 Å². The Morgan fingerprint density at radius 3 is 2.62 bits per heavy atom. The van der Waals surface area contributed by atoms with Gasteiger partial charge in [-0.15, -0.1) is 0 Å². The van der Waals surface area contributed by atoms with Crippen LogP contribution < -0.4 is 5.32 Å². The maximum absolute atomic E-state index is 12.0. The standard InChI is InChI=1S/C12H16ClN3O5/c1-3-20-11(21-4-2)7-15-12(17)8-5-10(13)14-6-9(8)16(18)19/h5-6,11H,3-4,7H2,1-2H3,(H,15,17). The number of nitro groups is 1. The molecule has 0 aromatic carbocycles. The van der Waals surface area contributed by atoms with Crippen LogP contribution in [0.3, 0.4) is 0 Å². The Hall–Kier alpha value is -1.77. The van der Waals surface area contributed by atoms with E-state index in [0.29, 0.717) is 13.2 Å². The van der Waals surface area contributed by atoms with E-state index in [2.05, 4.69) is 10.3 Å². The number of nitrogens with one attached hydrogen (secondary N) is 1. The minimum atomic E-state index is -0.694. The third-order valence-corrected chi connectivity index (χ3v) is 2.63. The lowest BCUT2D eigenvalue weighted by atomic mass is 10.2. The van der Waals surface area contributed by atoms with Gasteiger partial charge in [-0.05, 0) is 19.9 Å². The van der Waals surface area contributed by atoms with Crippen molar-refractivity contribution in [3.63, 3.8) is 0 Å². The summed E-state index contributed by atoms with van der Waals surface area (Å²) >= 11 is 5.66. The van der Waals surface area contributed by atoms with E-state index in [9.17, 15) is 14.9 Å². The van der Waals surface area contributed by atoms with Crippen molar-refractivity contribution in [3.8, 4) is 0 Å². The molecule has 0 atom stereocenters. The summed E-state index contributed by atoms with van der Waals surface area (Å²) in [6.45, 7) is 4.49. The monoisotopic (exact) mass is 317 g/mol. The predicted octanol–water partition coefficient (Wildman–Crippen LogP) is 1.77. The molecule has 116 valence electrons. The molecule has 21 heavy (non-hydrogen) atoms. The summed E-state index contributed by atoms with van der Waals surface area (Å²) in [5.41, 5.74) is -0.576. The minimum Gasteiger partial charge on any atom is -0.351 e. The van der Waals surface area contributed by atoms with Crippen LogP contribution in [0.5, 0.6) is 0 Å². The molecule has 0 saturated carbocycles. The van der Waals surface area contributed by atoms with Gasteiger partial charge in [0.25, 0.3) is 11.6 Å². The average Bonchev–Trinajstić information content (AvgIpc) is 2.44. The Morgan fingerprint density at radius 2 is 2.10 bits per heavy atom. The fraction of sp³-hybridized carbons (Fsp3) is 0.500. The summed E-state index contributed by atoms with van der Waals surface area (Å²) in [7, 11) is 0. The van der Waals surface area contributed by atoms with Crippen molar-refractivity contribution in [2.24, 2.45) is 0 Å². The number of pyridine rings is 1. The second-order valence-corrected chi connectivity index (χ2v) is 4.22. The zero-order valence-electron chi connectivity index (χ0n) is 11.7. The van der Waals surface area contributed by atoms with Crippen molar-refractivity contribution >= 4 is 23.2 Å². The molecule has 1 rings (SSSR count). The first-order valence-corrected chi connectivity index (χ1v) is 6.68. The first-order valence-electron chi connectivity index (χ1n) is 6.30. The van der Waals surface area contributed by atoms with E-state index in [4.69, 9.17) is 21.1 Å². The van der Waals surface area contributed by atoms with Crippen molar-refractivity contribution in [3.05, 3.63) is 33.1 Å². The SMILES string of the molecule is CCOC(CNC(=O)c1cc(Cl)ncc1[N+](=O)[O-])OCC. The number of aromatic nitrogens is 1. The smallest absolute Gasteiger partial charge is 0.300 e. The molecule has 1 amide bonds. The molecule has 1 aromatic heterocycles. The Bertz CT molecular complexity index is 506. The summed E-state index contributed by atoms with van der Waals surface area (Å²) < 4.78 is 10.5. The summed E-state index contributed by atoms with van der Waals surface area (Å²) in [5.74, 6) is -0.643. The highest BCUT2D eigenvalue weighted by atomic mass is 35.5. The Balaban J connectivity index is 2.79. The number of halogens is 1. The highest BCUT2D eigenvalue weighted by molar-refractivity contribution is 6.29. The minimum absolute atomic E-state index is 0.00286. The molecule has 9 heteroatoms. The predicted molar refractivity (Wildman–Crippen MR) is 75.3 cm³/mol. The summed E-state index contributed by atoms with van der Waals surface area (Å²) in [5, 5.41) is 13.4. The van der Waals surface area contributed by atoms with Gasteiger partial charge in [0, 0.05) is 13.2 Å². The van der Waals surface area contributed by atoms with Crippen LogP contribution in [0.4, 0.5) is 5.69 Å². The van der Waals surface area contributed by atoms with E-state index in [1.54, 1.807) is 13.8 Å². The molecule has 0 aliphatic rings. The van der Waals surface area contributed by atoms with E-state index in [1.165, 1.54) is 0 Å². The molecular weight excluding hydrogens is 302 g/mol. The first-order chi connectivity index (χ1) is 9.99. The molecule has 1 heterocycles. The van der Waals surface area contributed by atoms with Crippen LogP contribution in [-0.4, -0.2) is 41.9 Å². The van der Waals surface area contributed by atoms with E-state index < -0.39 is 22.8 Å². The van der Waals surface area contributed by atoms with E-state index >= 15 is 0 Å². The number of hydrogen-bond acceptors (Lipinski definition) is 6. The number of hydrogen-bond donors (Lipinski definition) is 1. The lowest BCUT2D eigenvalue weighted by molar-refractivity contribution is -0.385. The van der Waals surface area contributed by atoms with Crippen LogP contribution in [0, 0.1) is 10.1 Å². The second-order valence-electron chi connectivity index (χ2n) is 3.83. The fourth-order valence-electron chi connectivity index (χ4n) is 1.56. The largest absolute Gasteiger partial charge is 0.351 e.